The fourth-order valence-electron chi connectivity index (χ4n) is 5.22. The van der Waals surface area contributed by atoms with Crippen LogP contribution in [-0.4, -0.2) is 9.85 Å². The first kappa shape index (κ1) is 21.4. The van der Waals surface area contributed by atoms with Crippen molar-refractivity contribution in [2.24, 2.45) is 0 Å². The number of nitrogens with zero attached hydrogens (tertiary/aromatic N) is 2. The number of nitro benzene ring substituents is 2. The number of nitrogen functional groups attached to an aromatic ring is 2. The van der Waals surface area contributed by atoms with E-state index in [1.165, 1.54) is 24.3 Å². The fourth-order valence-corrected chi connectivity index (χ4v) is 5.22. The maximum atomic E-state index is 11.4. The van der Waals surface area contributed by atoms with Crippen molar-refractivity contribution in [2.75, 3.05) is 11.5 Å². The van der Waals surface area contributed by atoms with E-state index in [0.29, 0.717) is 22.5 Å². The Hall–Kier alpha value is -5.16. The summed E-state index contributed by atoms with van der Waals surface area (Å²) >= 11 is 0. The van der Waals surface area contributed by atoms with E-state index in [1.54, 1.807) is 12.1 Å². The summed E-state index contributed by atoms with van der Waals surface area (Å²) < 4.78 is 0. The molecular formula is C28H18N4O4. The Morgan fingerprint density at radius 3 is 1.25 bits per heavy atom. The molecule has 0 saturated heterocycles. The van der Waals surface area contributed by atoms with Gasteiger partial charge >= 0.3 is 0 Å². The van der Waals surface area contributed by atoms with Crippen LogP contribution >= 0.6 is 0 Å². The lowest BCUT2D eigenvalue weighted by Crippen LogP contribution is -1.98. The van der Waals surface area contributed by atoms with Crippen molar-refractivity contribution in [3.8, 4) is 34.1 Å². The largest absolute Gasteiger partial charge is 0.399 e. The van der Waals surface area contributed by atoms with Crippen LogP contribution < -0.4 is 11.5 Å². The number of anilines is 2. The van der Waals surface area contributed by atoms with Crippen molar-refractivity contribution >= 4 is 22.7 Å². The minimum absolute atomic E-state index is 0.0753. The first-order valence-electron chi connectivity index (χ1n) is 11.2. The van der Waals surface area contributed by atoms with Crippen LogP contribution in [0.15, 0.2) is 72.8 Å². The Morgan fingerprint density at radius 1 is 0.556 bits per heavy atom. The molecule has 0 bridgehead atoms. The average molecular weight is 474 g/mol. The summed E-state index contributed by atoms with van der Waals surface area (Å²) in [4.78, 5) is 21.9. The lowest BCUT2D eigenvalue weighted by Gasteiger charge is -2.09. The number of fused-ring (bicyclic) bond motifs is 6. The van der Waals surface area contributed by atoms with Gasteiger partial charge in [0, 0.05) is 35.6 Å². The topological polar surface area (TPSA) is 138 Å². The molecule has 0 amide bonds. The Morgan fingerprint density at radius 2 is 0.889 bits per heavy atom. The first-order valence-corrected chi connectivity index (χ1v) is 11.2. The second-order valence-corrected chi connectivity index (χ2v) is 8.91. The second kappa shape index (κ2) is 7.68. The highest BCUT2D eigenvalue weighted by molar-refractivity contribution is 5.86. The van der Waals surface area contributed by atoms with Crippen LogP contribution in [0.4, 0.5) is 22.7 Å². The monoisotopic (exact) mass is 474 g/mol. The van der Waals surface area contributed by atoms with Gasteiger partial charge in [0.2, 0.25) is 0 Å². The molecule has 8 nitrogen and oxygen atoms in total. The summed E-state index contributed by atoms with van der Waals surface area (Å²) in [6.45, 7) is 0. The molecule has 0 saturated carbocycles. The molecule has 2 aliphatic carbocycles. The second-order valence-electron chi connectivity index (χ2n) is 8.91. The van der Waals surface area contributed by atoms with Crippen molar-refractivity contribution in [1.29, 1.82) is 0 Å². The van der Waals surface area contributed by atoms with Crippen molar-refractivity contribution in [1.82, 2.24) is 0 Å². The molecule has 0 heterocycles. The van der Waals surface area contributed by atoms with Gasteiger partial charge in [0.25, 0.3) is 11.4 Å². The number of nitrogens with two attached hydrogens (primary N) is 2. The number of benzene rings is 4. The van der Waals surface area contributed by atoms with E-state index in [2.05, 4.69) is 11.8 Å². The van der Waals surface area contributed by atoms with E-state index in [-0.39, 0.29) is 23.2 Å². The molecule has 0 fully saturated rings. The maximum absolute atomic E-state index is 11.4. The fraction of sp³-hybridized carbons (Fsp3) is 0.0714. The SMILES string of the molecule is Nc1ccc2c(c1)-c1cc(N)ccc1C2C#CC1c2ccc([N+](=O)[O-])cc2-c2cc([N+](=O)[O-])ccc21. The number of non-ortho nitro benzene ring substituents is 2. The molecule has 4 N–H and O–H groups in total. The normalized spacial score (nSPS) is 13.2. The van der Waals surface area contributed by atoms with Gasteiger partial charge in [-0.25, -0.2) is 0 Å². The Balaban J connectivity index is 1.51. The van der Waals surface area contributed by atoms with Gasteiger partial charge < -0.3 is 11.5 Å². The van der Waals surface area contributed by atoms with Crippen LogP contribution in [0.25, 0.3) is 22.3 Å². The van der Waals surface area contributed by atoms with Crippen LogP contribution in [0.2, 0.25) is 0 Å². The van der Waals surface area contributed by atoms with Gasteiger partial charge in [-0.15, -0.1) is 0 Å². The molecule has 0 spiro atoms. The molecule has 4 aromatic rings. The lowest BCUT2D eigenvalue weighted by molar-refractivity contribution is -0.385. The summed E-state index contributed by atoms with van der Waals surface area (Å²) in [6.07, 6.45) is 0. The van der Waals surface area contributed by atoms with Crippen LogP contribution in [0.1, 0.15) is 34.1 Å². The predicted molar refractivity (Wildman–Crippen MR) is 137 cm³/mol. The Kier molecular flexibility index (Phi) is 4.56. The molecule has 8 heteroatoms. The highest BCUT2D eigenvalue weighted by Gasteiger charge is 2.32. The van der Waals surface area contributed by atoms with E-state index in [4.69, 9.17) is 11.5 Å². The molecule has 36 heavy (non-hydrogen) atoms. The van der Waals surface area contributed by atoms with Crippen molar-refractivity contribution in [3.63, 3.8) is 0 Å². The lowest BCUT2D eigenvalue weighted by atomic mass is 9.93. The molecule has 6 rings (SSSR count). The molecule has 174 valence electrons. The minimum atomic E-state index is -0.472. The van der Waals surface area contributed by atoms with E-state index in [0.717, 1.165) is 33.4 Å². The van der Waals surface area contributed by atoms with E-state index in [9.17, 15) is 20.2 Å². The number of nitro groups is 2. The van der Waals surface area contributed by atoms with Gasteiger partial charge in [-0.2, -0.15) is 0 Å². The Bertz CT molecular complexity index is 1590. The number of hydrogen-bond donors (Lipinski definition) is 2. The highest BCUT2D eigenvalue weighted by Crippen LogP contribution is 2.49. The van der Waals surface area contributed by atoms with Crippen molar-refractivity contribution in [3.05, 3.63) is 115 Å². The van der Waals surface area contributed by atoms with Crippen molar-refractivity contribution in [2.45, 2.75) is 11.8 Å². The summed E-state index contributed by atoms with van der Waals surface area (Å²) in [7, 11) is 0. The van der Waals surface area contributed by atoms with Crippen LogP contribution in [-0.2, 0) is 0 Å². The zero-order valence-corrected chi connectivity index (χ0v) is 18.8. The number of rotatable bonds is 2. The summed E-state index contributed by atoms with van der Waals surface area (Å²) in [5.74, 6) is 6.23. The number of hydrogen-bond acceptors (Lipinski definition) is 6. The van der Waals surface area contributed by atoms with Gasteiger partial charge in [0.05, 0.1) is 21.7 Å². The van der Waals surface area contributed by atoms with Gasteiger partial charge in [0.1, 0.15) is 0 Å². The third-order valence-electron chi connectivity index (χ3n) is 6.85. The van der Waals surface area contributed by atoms with Crippen LogP contribution in [0.5, 0.6) is 0 Å². The highest BCUT2D eigenvalue weighted by atomic mass is 16.6. The molecule has 2 aliphatic rings. The summed E-state index contributed by atoms with van der Waals surface area (Å²) in [5, 5.41) is 22.8. The minimum Gasteiger partial charge on any atom is -0.399 e. The zero-order chi connectivity index (χ0) is 25.1. The van der Waals surface area contributed by atoms with Crippen molar-refractivity contribution < 1.29 is 9.85 Å². The molecule has 0 radical (unpaired) electrons. The third-order valence-corrected chi connectivity index (χ3v) is 6.85. The van der Waals surface area contributed by atoms with Crippen LogP contribution in [0.3, 0.4) is 0 Å². The van der Waals surface area contributed by atoms with Crippen LogP contribution in [0, 0.1) is 32.1 Å². The van der Waals surface area contributed by atoms with Gasteiger partial charge in [-0.1, -0.05) is 24.0 Å². The van der Waals surface area contributed by atoms with E-state index >= 15 is 0 Å². The smallest absolute Gasteiger partial charge is 0.270 e. The molecule has 0 atom stereocenters. The summed E-state index contributed by atoms with van der Waals surface area (Å²) in [5.41, 5.74) is 20.1. The first-order chi connectivity index (χ1) is 17.3. The quantitative estimate of drug-likeness (QED) is 0.168. The summed E-state index contributed by atoms with van der Waals surface area (Å²) in [6, 6.07) is 20.7. The van der Waals surface area contributed by atoms with Gasteiger partial charge in [0.15, 0.2) is 0 Å². The van der Waals surface area contributed by atoms with Gasteiger partial charge in [-0.3, -0.25) is 20.2 Å². The molecule has 4 aromatic carbocycles. The third kappa shape index (κ3) is 3.18. The average Bonchev–Trinajstić information content (AvgIpc) is 3.33. The molecule has 0 aromatic heterocycles. The maximum Gasteiger partial charge on any atom is 0.270 e. The predicted octanol–water partition coefficient (Wildman–Crippen LogP) is 5.60. The van der Waals surface area contributed by atoms with E-state index < -0.39 is 9.85 Å². The molecule has 0 unspecified atom stereocenters. The Labute approximate surface area is 205 Å². The van der Waals surface area contributed by atoms with Gasteiger partial charge in [-0.05, 0) is 80.9 Å². The zero-order valence-electron chi connectivity index (χ0n) is 18.8. The molecular weight excluding hydrogens is 456 g/mol. The standard InChI is InChI=1S/C28H18N4O4/c29-15-1-5-21-19(22-6-2-16(30)12-26(22)25(21)11-15)9-10-20-23-7-3-17(31(33)34)13-27(23)28-14-18(32(35)36)4-8-24(20)28/h1-8,11-14,19-20H,29-30H2. The molecule has 0 aliphatic heterocycles. The van der Waals surface area contributed by atoms with E-state index in [1.807, 2.05) is 36.4 Å².